The van der Waals surface area contributed by atoms with E-state index in [1.165, 1.54) is 0 Å². The topological polar surface area (TPSA) is 46.2 Å². The lowest BCUT2D eigenvalue weighted by atomic mass is 9.78. The Kier molecular flexibility index (Phi) is 17.8. The van der Waals surface area contributed by atoms with E-state index in [9.17, 15) is 0 Å². The van der Waals surface area contributed by atoms with Crippen molar-refractivity contribution in [3.63, 3.8) is 0 Å². The molecule has 1 saturated carbocycles. The van der Waals surface area contributed by atoms with Crippen LogP contribution in [0.25, 0.3) is 0 Å². The van der Waals surface area contributed by atoms with Gasteiger partial charge in [0, 0.05) is 39.0 Å². The van der Waals surface area contributed by atoms with E-state index in [-0.39, 0.29) is 36.4 Å². The van der Waals surface area contributed by atoms with Crippen molar-refractivity contribution in [2.24, 2.45) is 5.92 Å². The minimum absolute atomic E-state index is 0.0392. The average molecular weight is 459 g/mol. The summed E-state index contributed by atoms with van der Waals surface area (Å²) in [6, 6.07) is 0. The van der Waals surface area contributed by atoms with Crippen molar-refractivity contribution >= 4 is 0 Å². The zero-order valence-corrected chi connectivity index (χ0v) is 22.1. The Bertz CT molecular complexity index is 387. The van der Waals surface area contributed by atoms with Crippen LogP contribution in [0.1, 0.15) is 106 Å². The highest BCUT2D eigenvalue weighted by molar-refractivity contribution is 5.01. The van der Waals surface area contributed by atoms with Crippen molar-refractivity contribution in [2.75, 3.05) is 33.0 Å². The van der Waals surface area contributed by atoms with Gasteiger partial charge in [-0.25, -0.2) is 0 Å². The fraction of sp³-hybridized carbons (Fsp3) is 1.00. The van der Waals surface area contributed by atoms with Crippen molar-refractivity contribution in [3.8, 4) is 0 Å². The first-order valence-electron chi connectivity index (χ1n) is 13.7. The third-order valence-corrected chi connectivity index (χ3v) is 6.37. The predicted octanol–water partition coefficient (Wildman–Crippen LogP) is 6.56. The monoisotopic (exact) mass is 458 g/mol. The van der Waals surface area contributed by atoms with Gasteiger partial charge < -0.3 is 23.7 Å². The van der Waals surface area contributed by atoms with Gasteiger partial charge in [0.25, 0.3) is 0 Å². The summed E-state index contributed by atoms with van der Waals surface area (Å²) in [4.78, 5) is 0. The lowest BCUT2D eigenvalue weighted by Crippen LogP contribution is -2.64. The first kappa shape index (κ1) is 29.8. The van der Waals surface area contributed by atoms with Crippen molar-refractivity contribution in [1.82, 2.24) is 0 Å². The Labute approximate surface area is 199 Å². The van der Waals surface area contributed by atoms with Crippen LogP contribution in [-0.2, 0) is 23.7 Å². The molecular weight excluding hydrogens is 404 g/mol. The van der Waals surface area contributed by atoms with Crippen LogP contribution in [0.5, 0.6) is 0 Å². The van der Waals surface area contributed by atoms with Gasteiger partial charge in [0.1, 0.15) is 18.3 Å². The minimum Gasteiger partial charge on any atom is -0.375 e. The largest absolute Gasteiger partial charge is 0.375 e. The number of rotatable bonds is 20. The molecule has 0 N–H and O–H groups in total. The molecule has 0 aliphatic heterocycles. The second-order valence-corrected chi connectivity index (χ2v) is 9.30. The quantitative estimate of drug-likeness (QED) is 0.193. The van der Waals surface area contributed by atoms with Crippen LogP contribution < -0.4 is 0 Å². The highest BCUT2D eigenvalue weighted by Crippen LogP contribution is 2.36. The van der Waals surface area contributed by atoms with Crippen molar-refractivity contribution in [2.45, 2.75) is 136 Å². The Hall–Kier alpha value is -0.200. The Morgan fingerprint density at radius 3 is 0.844 bits per heavy atom. The first-order valence-corrected chi connectivity index (χ1v) is 13.7. The predicted molar refractivity (Wildman–Crippen MR) is 132 cm³/mol. The van der Waals surface area contributed by atoms with E-state index < -0.39 is 0 Å². The summed E-state index contributed by atoms with van der Waals surface area (Å²) in [6.07, 6.45) is 10.4. The van der Waals surface area contributed by atoms with E-state index in [0.29, 0.717) is 0 Å². The molecule has 0 radical (unpaired) electrons. The molecule has 0 heterocycles. The van der Waals surface area contributed by atoms with Gasteiger partial charge in [0.2, 0.25) is 0 Å². The molecule has 1 aliphatic carbocycles. The molecule has 0 bridgehead atoms. The molecule has 32 heavy (non-hydrogen) atoms. The van der Waals surface area contributed by atoms with Crippen LogP contribution in [0.2, 0.25) is 0 Å². The Morgan fingerprint density at radius 1 is 0.375 bits per heavy atom. The van der Waals surface area contributed by atoms with E-state index in [0.717, 1.165) is 97.2 Å². The average Bonchev–Trinajstić information content (AvgIpc) is 2.79. The van der Waals surface area contributed by atoms with E-state index >= 15 is 0 Å². The first-order chi connectivity index (χ1) is 15.7. The summed E-state index contributed by atoms with van der Waals surface area (Å²) in [6.45, 7) is 17.0. The second-order valence-electron chi connectivity index (χ2n) is 9.30. The van der Waals surface area contributed by atoms with Crippen LogP contribution in [0.4, 0.5) is 0 Å². The van der Waals surface area contributed by atoms with Crippen LogP contribution in [0.3, 0.4) is 0 Å². The van der Waals surface area contributed by atoms with Gasteiger partial charge in [0.05, 0.1) is 12.2 Å². The maximum Gasteiger partial charge on any atom is 0.115 e. The summed E-state index contributed by atoms with van der Waals surface area (Å²) >= 11 is 0. The van der Waals surface area contributed by atoms with Crippen LogP contribution in [0, 0.1) is 5.92 Å². The fourth-order valence-electron chi connectivity index (χ4n) is 4.23. The maximum absolute atomic E-state index is 6.52. The highest BCUT2D eigenvalue weighted by Gasteiger charge is 2.52. The number of ether oxygens (including phenoxy) is 5. The lowest BCUT2D eigenvalue weighted by Gasteiger charge is -2.49. The molecule has 0 spiro atoms. The smallest absolute Gasteiger partial charge is 0.115 e. The molecule has 2 unspecified atom stereocenters. The zero-order chi connectivity index (χ0) is 23.6. The normalized spacial score (nSPS) is 28.3. The highest BCUT2D eigenvalue weighted by atomic mass is 16.6. The van der Waals surface area contributed by atoms with Gasteiger partial charge in [-0.2, -0.15) is 0 Å². The van der Waals surface area contributed by atoms with E-state index in [2.05, 4.69) is 41.5 Å². The number of unbranched alkanes of at least 4 members (excludes halogenated alkanes) is 5. The third-order valence-electron chi connectivity index (χ3n) is 6.37. The molecule has 0 saturated heterocycles. The molecule has 0 amide bonds. The molecule has 6 atom stereocenters. The number of hydrogen-bond donors (Lipinski definition) is 0. The lowest BCUT2D eigenvalue weighted by molar-refractivity contribution is -0.258. The Morgan fingerprint density at radius 2 is 0.594 bits per heavy atom. The van der Waals surface area contributed by atoms with Gasteiger partial charge in [-0.15, -0.1) is 0 Å². The third kappa shape index (κ3) is 10.4. The standard InChI is InChI=1S/C27H54O5/c1-7-12-17-28-23-22(6)24(29-18-13-8-2)26(31-20-15-10-4)27(32-21-16-11-5)25(23)30-19-14-9-3/h22-27H,7-21H2,1-6H3/t22?,23-,24-,25-,26+,27?/m1/s1. The summed E-state index contributed by atoms with van der Waals surface area (Å²) in [5, 5.41) is 0. The molecule has 192 valence electrons. The maximum atomic E-state index is 6.52. The van der Waals surface area contributed by atoms with Crippen LogP contribution in [0.15, 0.2) is 0 Å². The minimum atomic E-state index is -0.162. The fourth-order valence-corrected chi connectivity index (χ4v) is 4.23. The molecule has 1 aliphatic rings. The van der Waals surface area contributed by atoms with Crippen molar-refractivity contribution in [1.29, 1.82) is 0 Å². The number of hydrogen-bond acceptors (Lipinski definition) is 5. The second kappa shape index (κ2) is 19.1. The summed E-state index contributed by atoms with van der Waals surface area (Å²) in [5.74, 6) is 0.188. The van der Waals surface area contributed by atoms with E-state index in [1.807, 2.05) is 0 Å². The Balaban J connectivity index is 3.16. The van der Waals surface area contributed by atoms with Crippen molar-refractivity contribution in [3.05, 3.63) is 0 Å². The summed E-state index contributed by atoms with van der Waals surface area (Å²) in [5.41, 5.74) is 0. The van der Waals surface area contributed by atoms with E-state index in [4.69, 9.17) is 23.7 Å². The SMILES string of the molecule is CCCCOC1[C@@H](OCCCC)[C@H](OCCCC)C(C)[C@@H](OCCCC)[C@H]1OCCCC. The van der Waals surface area contributed by atoms with Gasteiger partial charge in [0.15, 0.2) is 0 Å². The molecule has 0 aromatic carbocycles. The van der Waals surface area contributed by atoms with Gasteiger partial charge >= 0.3 is 0 Å². The zero-order valence-electron chi connectivity index (χ0n) is 22.1. The van der Waals surface area contributed by atoms with Gasteiger partial charge in [-0.1, -0.05) is 73.6 Å². The van der Waals surface area contributed by atoms with Gasteiger partial charge in [-0.05, 0) is 32.1 Å². The molecule has 5 heteroatoms. The molecular formula is C27H54O5. The van der Waals surface area contributed by atoms with Crippen LogP contribution >= 0.6 is 0 Å². The summed E-state index contributed by atoms with van der Waals surface area (Å²) in [7, 11) is 0. The van der Waals surface area contributed by atoms with Crippen LogP contribution in [-0.4, -0.2) is 63.6 Å². The van der Waals surface area contributed by atoms with Crippen molar-refractivity contribution < 1.29 is 23.7 Å². The van der Waals surface area contributed by atoms with Gasteiger partial charge in [-0.3, -0.25) is 0 Å². The molecule has 0 aromatic heterocycles. The summed E-state index contributed by atoms with van der Waals surface area (Å²) < 4.78 is 32.5. The molecule has 0 aromatic rings. The molecule has 1 rings (SSSR count). The molecule has 5 nitrogen and oxygen atoms in total. The molecule has 1 fully saturated rings. The van der Waals surface area contributed by atoms with E-state index in [1.54, 1.807) is 0 Å².